The number of hydroxylamine groups is 1. The van der Waals surface area contributed by atoms with Gasteiger partial charge in [-0.15, -0.1) is 0 Å². The number of sulfonamides is 1. The summed E-state index contributed by atoms with van der Waals surface area (Å²) >= 11 is 0. The fourth-order valence-corrected chi connectivity index (χ4v) is 3.11. The summed E-state index contributed by atoms with van der Waals surface area (Å²) in [5, 5.41) is 0. The summed E-state index contributed by atoms with van der Waals surface area (Å²) in [5.74, 6) is -0.969. The van der Waals surface area contributed by atoms with E-state index in [1.54, 1.807) is 13.8 Å². The molecule has 0 radical (unpaired) electrons. The van der Waals surface area contributed by atoms with Crippen LogP contribution >= 0.6 is 0 Å². The van der Waals surface area contributed by atoms with Gasteiger partial charge in [0.2, 0.25) is 0 Å². The van der Waals surface area contributed by atoms with E-state index in [2.05, 4.69) is 10.9 Å². The van der Waals surface area contributed by atoms with E-state index < -0.39 is 37.1 Å². The van der Waals surface area contributed by atoms with Crippen molar-refractivity contribution in [2.24, 2.45) is 0 Å². The quantitative estimate of drug-likeness (QED) is 0.290. The highest BCUT2D eigenvalue weighted by atomic mass is 32.2. The summed E-state index contributed by atoms with van der Waals surface area (Å²) in [5.41, 5.74) is -2.22. The van der Waals surface area contributed by atoms with E-state index in [0.29, 0.717) is 0 Å². The van der Waals surface area contributed by atoms with Crippen molar-refractivity contribution in [1.29, 1.82) is 0 Å². The average molecular weight is 387 g/mol. The number of rotatable bonds is 11. The first-order chi connectivity index (χ1) is 10.8. The minimum Gasteiger partial charge on any atom is -0.456 e. The Morgan fingerprint density at radius 1 is 1.29 bits per heavy atom. The van der Waals surface area contributed by atoms with Gasteiger partial charge < -0.3 is 9.47 Å². The van der Waals surface area contributed by atoms with Gasteiger partial charge in [0.05, 0.1) is 12.4 Å². The molecule has 1 atom stereocenters. The lowest BCUT2D eigenvalue weighted by atomic mass is 10.1. The molecule has 0 heterocycles. The molecule has 0 fully saturated rings. The van der Waals surface area contributed by atoms with Gasteiger partial charge >= 0.3 is 5.97 Å². The van der Waals surface area contributed by atoms with E-state index in [4.69, 9.17) is 9.47 Å². The number of esters is 1. The summed E-state index contributed by atoms with van der Waals surface area (Å²) < 4.78 is 61.9. The van der Waals surface area contributed by atoms with Gasteiger partial charge in [0.15, 0.2) is 5.44 Å². The molecule has 0 bridgehead atoms. The van der Waals surface area contributed by atoms with Crippen LogP contribution in [-0.2, 0) is 38.7 Å². The molecule has 11 heteroatoms. The van der Waals surface area contributed by atoms with Gasteiger partial charge in [0.25, 0.3) is 20.1 Å². The molecule has 9 nitrogen and oxygen atoms in total. The van der Waals surface area contributed by atoms with Crippen molar-refractivity contribution in [3.05, 3.63) is 12.7 Å². The van der Waals surface area contributed by atoms with Crippen LogP contribution in [0.5, 0.6) is 0 Å². The van der Waals surface area contributed by atoms with Crippen LogP contribution in [0.1, 0.15) is 34.1 Å². The van der Waals surface area contributed by atoms with Gasteiger partial charge in [-0.1, -0.05) is 11.0 Å². The van der Waals surface area contributed by atoms with Crippen LogP contribution in [0.4, 0.5) is 0 Å². The van der Waals surface area contributed by atoms with Crippen LogP contribution in [0.3, 0.4) is 0 Å². The van der Waals surface area contributed by atoms with Gasteiger partial charge in [-0.05, 0) is 27.7 Å². The first-order valence-electron chi connectivity index (χ1n) is 7.14. The Balaban J connectivity index is 4.67. The van der Waals surface area contributed by atoms with Crippen LogP contribution in [0, 0.1) is 0 Å². The molecule has 0 aromatic carbocycles. The highest BCUT2D eigenvalue weighted by molar-refractivity contribution is 7.90. The average Bonchev–Trinajstić information content (AvgIpc) is 2.45. The molecule has 0 rings (SSSR count). The predicted octanol–water partition coefficient (Wildman–Crippen LogP) is 0.790. The molecule has 142 valence electrons. The number of hydrogen-bond donors (Lipinski definition) is 0. The number of carbonyl (C=O) groups is 1. The van der Waals surface area contributed by atoms with Crippen LogP contribution in [0.25, 0.3) is 0 Å². The van der Waals surface area contributed by atoms with E-state index in [1.165, 1.54) is 13.8 Å². The lowest BCUT2D eigenvalue weighted by Gasteiger charge is -2.26. The Morgan fingerprint density at radius 2 is 1.83 bits per heavy atom. The summed E-state index contributed by atoms with van der Waals surface area (Å²) in [4.78, 5) is 11.2. The highest BCUT2D eigenvalue weighted by Crippen LogP contribution is 2.17. The Bertz CT molecular complexity index is 639. The second-order valence-corrected chi connectivity index (χ2v) is 9.50. The molecule has 0 spiro atoms. The molecule has 24 heavy (non-hydrogen) atoms. The first kappa shape index (κ1) is 23.0. The van der Waals surface area contributed by atoms with Crippen LogP contribution in [0.2, 0.25) is 0 Å². The highest BCUT2D eigenvalue weighted by Gasteiger charge is 2.31. The first-order valence-corrected chi connectivity index (χ1v) is 10.2. The minimum absolute atomic E-state index is 0.0355. The maximum atomic E-state index is 12.1. The summed E-state index contributed by atoms with van der Waals surface area (Å²) in [6.07, 6.45) is 1.25. The number of nitrogens with zero attached hydrogens (tertiary/aromatic N) is 1. The van der Waals surface area contributed by atoms with E-state index in [-0.39, 0.29) is 23.2 Å². The molecule has 0 aliphatic carbocycles. The predicted molar refractivity (Wildman–Crippen MR) is 87.6 cm³/mol. The summed E-state index contributed by atoms with van der Waals surface area (Å²) in [6, 6.07) is 0. The lowest BCUT2D eigenvalue weighted by molar-refractivity contribution is -0.151. The van der Waals surface area contributed by atoms with Gasteiger partial charge in [-0.3, -0.25) is 0 Å². The third-order valence-corrected chi connectivity index (χ3v) is 5.97. The molecule has 0 aliphatic rings. The maximum Gasteiger partial charge on any atom is 0.330 e. The Morgan fingerprint density at radius 3 is 2.29 bits per heavy atom. The molecule has 1 unspecified atom stereocenters. The summed E-state index contributed by atoms with van der Waals surface area (Å²) in [6.45, 7) is 9.10. The Kier molecular flexibility index (Phi) is 8.53. The molecule has 0 amide bonds. The zero-order valence-corrected chi connectivity index (χ0v) is 16.1. The van der Waals surface area contributed by atoms with Crippen molar-refractivity contribution in [2.75, 3.05) is 19.4 Å². The van der Waals surface area contributed by atoms with E-state index >= 15 is 0 Å². The van der Waals surface area contributed by atoms with E-state index in [0.717, 1.165) is 13.1 Å². The van der Waals surface area contributed by atoms with Gasteiger partial charge in [-0.25, -0.2) is 13.2 Å². The fraction of sp³-hybridized carbons (Fsp3) is 0.769. The van der Waals surface area contributed by atoms with Crippen molar-refractivity contribution >= 4 is 26.1 Å². The second kappa shape index (κ2) is 8.90. The van der Waals surface area contributed by atoms with Gasteiger partial charge in [0.1, 0.15) is 5.60 Å². The second-order valence-electron chi connectivity index (χ2n) is 5.45. The Labute approximate surface area is 143 Å². The number of hydrogen-bond acceptors (Lipinski definition) is 8. The van der Waals surface area contributed by atoms with Crippen molar-refractivity contribution < 1.29 is 35.4 Å². The third kappa shape index (κ3) is 7.71. The summed E-state index contributed by atoms with van der Waals surface area (Å²) in [7, 11) is -7.14. The molecule has 0 aromatic rings. The monoisotopic (exact) mass is 387 g/mol. The molecule has 0 aromatic heterocycles. The van der Waals surface area contributed by atoms with Crippen LogP contribution in [-0.4, -0.2) is 57.7 Å². The van der Waals surface area contributed by atoms with Crippen molar-refractivity contribution in [3.63, 3.8) is 0 Å². The van der Waals surface area contributed by atoms with Crippen molar-refractivity contribution in [1.82, 2.24) is 4.47 Å². The maximum absolute atomic E-state index is 12.1. The fourth-order valence-electron chi connectivity index (χ4n) is 1.39. The van der Waals surface area contributed by atoms with Gasteiger partial charge in [0, 0.05) is 19.5 Å². The molecule has 0 saturated carbocycles. The molecular weight excluding hydrogens is 362 g/mol. The van der Waals surface area contributed by atoms with E-state index in [9.17, 15) is 21.6 Å². The van der Waals surface area contributed by atoms with E-state index in [1.807, 2.05) is 0 Å². The van der Waals surface area contributed by atoms with Crippen molar-refractivity contribution in [2.45, 2.75) is 45.2 Å². The zero-order valence-electron chi connectivity index (χ0n) is 14.5. The van der Waals surface area contributed by atoms with Crippen LogP contribution < -0.4 is 0 Å². The topological polar surface area (TPSA) is 116 Å². The van der Waals surface area contributed by atoms with Gasteiger partial charge in [-0.2, -0.15) is 12.7 Å². The lowest BCUT2D eigenvalue weighted by Crippen LogP contribution is -2.38. The third-order valence-electron chi connectivity index (χ3n) is 2.95. The number of carbonyl (C=O) groups excluding carboxylic acids is 1. The molecular formula is C13H25NO8S2. The normalized spacial score (nSPS) is 14.4. The molecule has 0 N–H and O–H groups in total. The smallest absolute Gasteiger partial charge is 0.330 e. The Hall–Kier alpha value is -1.01. The molecule has 0 aliphatic heterocycles. The number of ether oxygens (including phenoxy) is 2. The SMILES string of the molecule is C=CC(=O)OC(C)(C)CCOC(C)S(=O)(=O)N(C)OS(=O)(=O)CC. The zero-order chi connectivity index (χ0) is 19.2. The molecule has 0 saturated heterocycles. The standard InChI is InChI=1S/C13H25NO8S2/c1-7-12(15)21-13(4,5)9-10-20-11(3)24(18,19)14(6)22-23(16,17)8-2/h7,11H,1,8-10H2,2-6H3. The minimum atomic E-state index is -4.14. The van der Waals surface area contributed by atoms with Crippen LogP contribution in [0.15, 0.2) is 12.7 Å². The van der Waals surface area contributed by atoms with Crippen molar-refractivity contribution in [3.8, 4) is 0 Å². The largest absolute Gasteiger partial charge is 0.456 e.